The number of hydrogen-bond acceptors (Lipinski definition) is 8. The molecule has 0 aliphatic heterocycles. The Morgan fingerprint density at radius 2 is 1.82 bits per heavy atom. The largest absolute Gasteiger partial charge is 0.495 e. The summed E-state index contributed by atoms with van der Waals surface area (Å²) in [4.78, 5) is 13.8. The van der Waals surface area contributed by atoms with Crippen molar-refractivity contribution in [1.29, 1.82) is 0 Å². The van der Waals surface area contributed by atoms with Crippen molar-refractivity contribution in [2.75, 3.05) is 17.7 Å². The van der Waals surface area contributed by atoms with E-state index in [9.17, 15) is 5.11 Å². The lowest BCUT2D eigenvalue weighted by Crippen LogP contribution is -2.21. The Hall–Kier alpha value is -3.28. The first-order chi connectivity index (χ1) is 18.2. The Labute approximate surface area is 229 Å². The van der Waals surface area contributed by atoms with Crippen molar-refractivity contribution in [3.63, 3.8) is 0 Å². The smallest absolute Gasteiger partial charge is 0.328 e. The second-order valence-electron chi connectivity index (χ2n) is 10.3. The minimum absolute atomic E-state index is 0.148. The van der Waals surface area contributed by atoms with Crippen LogP contribution in [0.4, 0.5) is 17.6 Å². The number of allylic oxidation sites excluding steroid dienone is 3. The first-order valence-electron chi connectivity index (χ1n) is 13.2. The average molecular weight is 538 g/mol. The van der Waals surface area contributed by atoms with Gasteiger partial charge in [0.2, 0.25) is 11.9 Å². The molecule has 0 amide bonds. The molecule has 2 aliphatic rings. The predicted molar refractivity (Wildman–Crippen MR) is 151 cm³/mol. The van der Waals surface area contributed by atoms with Crippen LogP contribution in [0.3, 0.4) is 0 Å². The summed E-state index contributed by atoms with van der Waals surface area (Å²) in [6.07, 6.45) is 11.8. The highest BCUT2D eigenvalue weighted by atomic mass is 35.5. The van der Waals surface area contributed by atoms with E-state index in [1.807, 2.05) is 18.2 Å². The van der Waals surface area contributed by atoms with E-state index in [-0.39, 0.29) is 6.01 Å². The monoisotopic (exact) mass is 537 g/mol. The number of anilines is 3. The van der Waals surface area contributed by atoms with Gasteiger partial charge in [-0.2, -0.15) is 15.0 Å². The third-order valence-electron chi connectivity index (χ3n) is 6.31. The molecule has 8 nitrogen and oxygen atoms in total. The van der Waals surface area contributed by atoms with E-state index in [1.165, 1.54) is 25.7 Å². The van der Waals surface area contributed by atoms with Crippen LogP contribution >= 0.6 is 11.6 Å². The fraction of sp³-hybridized carbons (Fsp3) is 0.483. The number of halogens is 1. The molecule has 2 aliphatic carbocycles. The summed E-state index contributed by atoms with van der Waals surface area (Å²) in [7, 11) is 1.57. The van der Waals surface area contributed by atoms with Gasteiger partial charge in [0, 0.05) is 11.7 Å². The number of benzene rings is 1. The second-order valence-corrected chi connectivity index (χ2v) is 10.8. The third kappa shape index (κ3) is 8.11. The lowest BCUT2D eigenvalue weighted by molar-refractivity contribution is 0.143. The molecule has 0 spiro atoms. The maximum atomic E-state index is 10.1. The Morgan fingerprint density at radius 1 is 1.08 bits per heavy atom. The van der Waals surface area contributed by atoms with Crippen molar-refractivity contribution < 1.29 is 14.6 Å². The Morgan fingerprint density at radius 3 is 2.50 bits per heavy atom. The Balaban J connectivity index is 1.63. The van der Waals surface area contributed by atoms with Gasteiger partial charge < -0.3 is 25.2 Å². The van der Waals surface area contributed by atoms with E-state index in [4.69, 9.17) is 21.1 Å². The summed E-state index contributed by atoms with van der Waals surface area (Å²) in [5.74, 6) is 8.15. The van der Waals surface area contributed by atoms with E-state index in [0.29, 0.717) is 51.6 Å². The summed E-state index contributed by atoms with van der Waals surface area (Å²) in [5.41, 5.74) is 0.281. The van der Waals surface area contributed by atoms with Crippen LogP contribution in [0.2, 0.25) is 5.02 Å². The summed E-state index contributed by atoms with van der Waals surface area (Å²) < 4.78 is 11.5. The van der Waals surface area contributed by atoms with Gasteiger partial charge >= 0.3 is 6.01 Å². The van der Waals surface area contributed by atoms with Crippen molar-refractivity contribution in [2.24, 2.45) is 5.92 Å². The molecule has 0 bridgehead atoms. The molecule has 4 rings (SSSR count). The number of rotatable bonds is 7. The van der Waals surface area contributed by atoms with Gasteiger partial charge in [-0.05, 0) is 63.3 Å². The molecular weight excluding hydrogens is 502 g/mol. The number of aliphatic hydroxyl groups is 1. The standard InChI is InChI=1S/C29H36ClN5O3/c1-19-11-13-24(20(17-19)15-16-29(2,3)36)38-28-34-26(31-21-9-7-5-6-8-10-21)33-27(35-28)32-22-12-14-25(37-4)23(30)18-22/h12-14,17-19,21,36H,5-11H2,1-4H3,(H2,31,32,33,34,35). The summed E-state index contributed by atoms with van der Waals surface area (Å²) in [6, 6.07) is 5.81. The van der Waals surface area contributed by atoms with Crippen LogP contribution in [-0.2, 0) is 0 Å². The summed E-state index contributed by atoms with van der Waals surface area (Å²) in [6.45, 7) is 5.41. The number of hydrogen-bond donors (Lipinski definition) is 3. The van der Waals surface area contributed by atoms with E-state index in [1.54, 1.807) is 33.1 Å². The number of aromatic nitrogens is 3. The van der Waals surface area contributed by atoms with Crippen molar-refractivity contribution in [2.45, 2.75) is 77.4 Å². The molecule has 1 heterocycles. The molecule has 0 saturated heterocycles. The zero-order valence-corrected chi connectivity index (χ0v) is 23.2. The number of ether oxygens (including phenoxy) is 2. The molecule has 38 heavy (non-hydrogen) atoms. The molecule has 202 valence electrons. The molecule has 0 radical (unpaired) electrons. The SMILES string of the molecule is COc1ccc(Nc2nc(NC3CCCCCC3)nc(OC3=CCC(C)C=C3C#CC(C)(C)O)n2)cc1Cl. The lowest BCUT2D eigenvalue weighted by Gasteiger charge is -2.19. The van der Waals surface area contributed by atoms with Crippen LogP contribution in [0.1, 0.15) is 65.7 Å². The molecule has 9 heteroatoms. The second kappa shape index (κ2) is 12.5. The first-order valence-corrected chi connectivity index (χ1v) is 13.6. The van der Waals surface area contributed by atoms with Gasteiger partial charge in [-0.15, -0.1) is 0 Å². The maximum absolute atomic E-state index is 10.1. The van der Waals surface area contributed by atoms with Gasteiger partial charge in [0.25, 0.3) is 0 Å². The van der Waals surface area contributed by atoms with E-state index in [0.717, 1.165) is 19.3 Å². The third-order valence-corrected chi connectivity index (χ3v) is 6.60. The van der Waals surface area contributed by atoms with Gasteiger partial charge in [0.15, 0.2) is 0 Å². The molecular formula is C29H36ClN5O3. The Kier molecular flexibility index (Phi) is 9.13. The van der Waals surface area contributed by atoms with E-state index >= 15 is 0 Å². The Bertz CT molecular complexity index is 1250. The highest BCUT2D eigenvalue weighted by Crippen LogP contribution is 2.30. The van der Waals surface area contributed by atoms with Crippen molar-refractivity contribution in [3.05, 3.63) is 46.7 Å². The molecule has 1 saturated carbocycles. The van der Waals surface area contributed by atoms with Crippen LogP contribution in [0.5, 0.6) is 11.8 Å². The highest BCUT2D eigenvalue weighted by molar-refractivity contribution is 6.32. The van der Waals surface area contributed by atoms with Gasteiger partial charge in [-0.3, -0.25) is 0 Å². The number of methoxy groups -OCH3 is 1. The average Bonchev–Trinajstić information content (AvgIpc) is 3.12. The van der Waals surface area contributed by atoms with Crippen LogP contribution in [0, 0.1) is 17.8 Å². The van der Waals surface area contributed by atoms with Crippen molar-refractivity contribution in [1.82, 2.24) is 15.0 Å². The van der Waals surface area contributed by atoms with Crippen molar-refractivity contribution >= 4 is 29.2 Å². The van der Waals surface area contributed by atoms with Crippen LogP contribution in [-0.4, -0.2) is 38.8 Å². The van der Waals surface area contributed by atoms with Crippen LogP contribution in [0.15, 0.2) is 41.7 Å². The highest BCUT2D eigenvalue weighted by Gasteiger charge is 2.19. The topological polar surface area (TPSA) is 101 Å². The lowest BCUT2D eigenvalue weighted by atomic mass is 9.96. The van der Waals surface area contributed by atoms with E-state index < -0.39 is 5.60 Å². The molecule has 3 N–H and O–H groups in total. The minimum Gasteiger partial charge on any atom is -0.495 e. The zero-order chi connectivity index (χ0) is 27.1. The minimum atomic E-state index is -1.12. The predicted octanol–water partition coefficient (Wildman–Crippen LogP) is 6.42. The van der Waals surface area contributed by atoms with Crippen LogP contribution < -0.4 is 20.1 Å². The molecule has 2 aromatic rings. The fourth-order valence-corrected chi connectivity index (χ4v) is 4.62. The van der Waals surface area contributed by atoms with Gasteiger partial charge in [0.1, 0.15) is 17.1 Å². The van der Waals surface area contributed by atoms with Crippen LogP contribution in [0.25, 0.3) is 0 Å². The molecule has 1 atom stereocenters. The van der Waals surface area contributed by atoms with Gasteiger partial charge in [-0.1, -0.05) is 62.1 Å². The number of nitrogens with one attached hydrogen (secondary N) is 2. The van der Waals surface area contributed by atoms with Crippen molar-refractivity contribution in [3.8, 4) is 23.6 Å². The van der Waals surface area contributed by atoms with Gasteiger partial charge in [-0.25, -0.2) is 0 Å². The first kappa shape index (κ1) is 27.7. The van der Waals surface area contributed by atoms with Gasteiger partial charge in [0.05, 0.1) is 17.7 Å². The normalized spacial score (nSPS) is 18.3. The molecule has 1 fully saturated rings. The maximum Gasteiger partial charge on any atom is 0.328 e. The molecule has 1 aromatic heterocycles. The number of nitrogens with zero attached hydrogens (tertiary/aromatic N) is 3. The van der Waals surface area contributed by atoms with E-state index in [2.05, 4.69) is 44.4 Å². The quantitative estimate of drug-likeness (QED) is 0.275. The molecule has 1 unspecified atom stereocenters. The molecule has 1 aromatic carbocycles. The summed E-state index contributed by atoms with van der Waals surface area (Å²) in [5, 5.41) is 17.3. The zero-order valence-electron chi connectivity index (χ0n) is 22.5. The fourth-order valence-electron chi connectivity index (χ4n) is 4.36. The summed E-state index contributed by atoms with van der Waals surface area (Å²) >= 11 is 6.32.